The number of ether oxygens (including phenoxy) is 1. The van der Waals surface area contributed by atoms with Crippen LogP contribution in [0.25, 0.3) is 22.4 Å². The molecule has 0 saturated heterocycles. The number of aromatic nitrogens is 2. The average Bonchev–Trinajstić information content (AvgIpc) is 3.18. The van der Waals surface area contributed by atoms with Crippen molar-refractivity contribution in [3.63, 3.8) is 0 Å². The second kappa shape index (κ2) is 9.23. The summed E-state index contributed by atoms with van der Waals surface area (Å²) in [7, 11) is 0. The molecule has 0 fully saturated rings. The molecular weight excluding hydrogens is 410 g/mol. The van der Waals surface area contributed by atoms with E-state index < -0.39 is 0 Å². The summed E-state index contributed by atoms with van der Waals surface area (Å²) in [6.07, 6.45) is 1.39. The van der Waals surface area contributed by atoms with Crippen LogP contribution in [0.15, 0.2) is 66.7 Å². The molecular formula is C25H24ClN3O2. The lowest BCUT2D eigenvalue weighted by Gasteiger charge is -2.07. The summed E-state index contributed by atoms with van der Waals surface area (Å²) in [4.78, 5) is 20.1. The Morgan fingerprint density at radius 2 is 1.87 bits per heavy atom. The van der Waals surface area contributed by atoms with Crippen LogP contribution in [0.2, 0.25) is 5.02 Å². The van der Waals surface area contributed by atoms with E-state index in [2.05, 4.69) is 29.1 Å². The van der Waals surface area contributed by atoms with Crippen LogP contribution in [-0.4, -0.2) is 15.9 Å². The normalized spacial score (nSPS) is 11.1. The Morgan fingerprint density at radius 3 is 2.61 bits per heavy atom. The van der Waals surface area contributed by atoms with E-state index in [0.717, 1.165) is 34.5 Å². The molecule has 6 heteroatoms. The van der Waals surface area contributed by atoms with Crippen LogP contribution >= 0.6 is 11.6 Å². The zero-order valence-electron chi connectivity index (χ0n) is 17.5. The van der Waals surface area contributed by atoms with Crippen LogP contribution < -0.4 is 10.1 Å². The molecule has 0 radical (unpaired) electrons. The van der Waals surface area contributed by atoms with Gasteiger partial charge in [-0.3, -0.25) is 4.79 Å². The minimum atomic E-state index is 0.0295. The van der Waals surface area contributed by atoms with Crippen molar-refractivity contribution >= 4 is 34.2 Å². The van der Waals surface area contributed by atoms with Gasteiger partial charge in [0.1, 0.15) is 17.3 Å². The fourth-order valence-corrected chi connectivity index (χ4v) is 3.38. The van der Waals surface area contributed by atoms with Gasteiger partial charge < -0.3 is 15.0 Å². The molecule has 2 N–H and O–H groups in total. The van der Waals surface area contributed by atoms with Crippen molar-refractivity contribution < 1.29 is 9.53 Å². The zero-order valence-corrected chi connectivity index (χ0v) is 18.2. The van der Waals surface area contributed by atoms with Crippen LogP contribution in [0.5, 0.6) is 11.5 Å². The number of anilines is 1. The summed E-state index contributed by atoms with van der Waals surface area (Å²) in [5.41, 5.74) is 3.41. The van der Waals surface area contributed by atoms with Crippen LogP contribution in [0.1, 0.15) is 26.7 Å². The molecule has 1 aromatic heterocycles. The lowest BCUT2D eigenvalue weighted by molar-refractivity contribution is -0.116. The van der Waals surface area contributed by atoms with Gasteiger partial charge in [-0.1, -0.05) is 37.6 Å². The Bertz CT molecular complexity index is 1200. The second-order valence-electron chi connectivity index (χ2n) is 7.85. The number of fused-ring (bicyclic) bond motifs is 1. The number of rotatable bonds is 7. The number of benzene rings is 3. The molecule has 5 nitrogen and oxygen atoms in total. The first-order valence-electron chi connectivity index (χ1n) is 10.3. The number of aromatic amines is 1. The lowest BCUT2D eigenvalue weighted by atomic mass is 10.1. The average molecular weight is 434 g/mol. The first kappa shape index (κ1) is 20.9. The molecule has 0 saturated carbocycles. The third-order valence-corrected chi connectivity index (χ3v) is 5.22. The van der Waals surface area contributed by atoms with Crippen molar-refractivity contribution in [2.75, 3.05) is 5.32 Å². The predicted octanol–water partition coefficient (Wildman–Crippen LogP) is 7.05. The first-order valence-corrected chi connectivity index (χ1v) is 10.7. The topological polar surface area (TPSA) is 67.0 Å². The Hall–Kier alpha value is -3.31. The number of para-hydroxylation sites is 1. The molecule has 4 rings (SSSR count). The number of halogens is 1. The molecule has 0 spiro atoms. The monoisotopic (exact) mass is 433 g/mol. The summed E-state index contributed by atoms with van der Waals surface area (Å²) < 4.78 is 5.84. The second-order valence-corrected chi connectivity index (χ2v) is 8.26. The largest absolute Gasteiger partial charge is 0.456 e. The van der Waals surface area contributed by atoms with Gasteiger partial charge in [0.15, 0.2) is 0 Å². The van der Waals surface area contributed by atoms with Gasteiger partial charge in [-0.2, -0.15) is 0 Å². The highest BCUT2D eigenvalue weighted by Crippen LogP contribution is 2.30. The number of nitrogens with zero attached hydrogens (tertiary/aromatic N) is 1. The van der Waals surface area contributed by atoms with Gasteiger partial charge in [0.2, 0.25) is 5.91 Å². The van der Waals surface area contributed by atoms with E-state index in [1.165, 1.54) is 0 Å². The van der Waals surface area contributed by atoms with Crippen molar-refractivity contribution in [3.8, 4) is 22.9 Å². The zero-order chi connectivity index (χ0) is 21.8. The smallest absolute Gasteiger partial charge is 0.224 e. The summed E-state index contributed by atoms with van der Waals surface area (Å²) >= 11 is 6.16. The number of carbonyl (C=O) groups is 1. The minimum Gasteiger partial charge on any atom is -0.456 e. The Kier molecular flexibility index (Phi) is 6.23. The molecule has 3 aromatic carbocycles. The lowest BCUT2D eigenvalue weighted by Crippen LogP contribution is -2.12. The Balaban J connectivity index is 1.48. The van der Waals surface area contributed by atoms with Crippen molar-refractivity contribution in [3.05, 3.63) is 71.8 Å². The molecule has 0 unspecified atom stereocenters. The standard InChI is InChI=1S/C25H24ClN3O2/c1-16(2)7-14-24(30)27-18-10-13-21-22(15-18)29-25(28-21)17-8-11-19(12-9-17)31-23-6-4-3-5-20(23)26/h3-6,8-13,15-16H,7,14H2,1-2H3,(H,27,30)(H,28,29). The maximum Gasteiger partial charge on any atom is 0.224 e. The van der Waals surface area contributed by atoms with Gasteiger partial charge in [-0.05, 0) is 66.9 Å². The maximum atomic E-state index is 12.1. The number of nitrogens with one attached hydrogen (secondary N) is 2. The Labute approximate surface area is 186 Å². The van der Waals surface area contributed by atoms with Gasteiger partial charge in [0.25, 0.3) is 0 Å². The summed E-state index contributed by atoms with van der Waals surface area (Å²) in [6, 6.07) is 20.7. The quantitative estimate of drug-likeness (QED) is 0.328. The fourth-order valence-electron chi connectivity index (χ4n) is 3.20. The molecule has 0 atom stereocenters. The highest BCUT2D eigenvalue weighted by atomic mass is 35.5. The molecule has 4 aromatic rings. The molecule has 1 amide bonds. The van der Waals surface area contributed by atoms with Gasteiger partial charge in [-0.25, -0.2) is 4.98 Å². The van der Waals surface area contributed by atoms with Crippen molar-refractivity contribution in [1.29, 1.82) is 0 Å². The third kappa shape index (κ3) is 5.25. The van der Waals surface area contributed by atoms with Crippen LogP contribution in [-0.2, 0) is 4.79 Å². The molecule has 0 bridgehead atoms. The maximum absolute atomic E-state index is 12.1. The van der Waals surface area contributed by atoms with E-state index in [4.69, 9.17) is 16.3 Å². The predicted molar refractivity (Wildman–Crippen MR) is 126 cm³/mol. The van der Waals surface area contributed by atoms with Gasteiger partial charge in [-0.15, -0.1) is 0 Å². The number of imidazole rings is 1. The van der Waals surface area contributed by atoms with Crippen LogP contribution in [0.3, 0.4) is 0 Å². The summed E-state index contributed by atoms with van der Waals surface area (Å²) in [5.74, 6) is 2.59. The SMILES string of the molecule is CC(C)CCC(=O)Nc1ccc2nc(-c3ccc(Oc4ccccc4Cl)cc3)[nH]c2c1. The molecule has 0 aliphatic rings. The van der Waals surface area contributed by atoms with Gasteiger partial charge in [0.05, 0.1) is 16.1 Å². The molecule has 0 aliphatic carbocycles. The Morgan fingerprint density at radius 1 is 1.10 bits per heavy atom. The molecule has 158 valence electrons. The first-order chi connectivity index (χ1) is 15.0. The van der Waals surface area contributed by atoms with E-state index in [-0.39, 0.29) is 5.91 Å². The van der Waals surface area contributed by atoms with E-state index >= 15 is 0 Å². The highest BCUT2D eigenvalue weighted by molar-refractivity contribution is 6.32. The van der Waals surface area contributed by atoms with E-state index in [9.17, 15) is 4.79 Å². The number of carbonyl (C=O) groups excluding carboxylic acids is 1. The van der Waals surface area contributed by atoms with Gasteiger partial charge in [0, 0.05) is 17.7 Å². The van der Waals surface area contributed by atoms with Crippen LogP contribution in [0.4, 0.5) is 5.69 Å². The van der Waals surface area contributed by atoms with Crippen molar-refractivity contribution in [2.24, 2.45) is 5.92 Å². The molecule has 1 heterocycles. The van der Waals surface area contributed by atoms with E-state index in [0.29, 0.717) is 28.9 Å². The number of amides is 1. The van der Waals surface area contributed by atoms with E-state index in [1.807, 2.05) is 60.7 Å². The highest BCUT2D eigenvalue weighted by Gasteiger charge is 2.09. The number of hydrogen-bond acceptors (Lipinski definition) is 3. The van der Waals surface area contributed by atoms with Crippen LogP contribution in [0, 0.1) is 5.92 Å². The van der Waals surface area contributed by atoms with Crippen molar-refractivity contribution in [2.45, 2.75) is 26.7 Å². The fraction of sp³-hybridized carbons (Fsp3) is 0.200. The number of H-pyrrole nitrogens is 1. The summed E-state index contributed by atoms with van der Waals surface area (Å²) in [6.45, 7) is 4.22. The summed E-state index contributed by atoms with van der Waals surface area (Å²) in [5, 5.41) is 3.53. The minimum absolute atomic E-state index is 0.0295. The number of hydrogen-bond donors (Lipinski definition) is 2. The molecule has 0 aliphatic heterocycles. The van der Waals surface area contributed by atoms with E-state index in [1.54, 1.807) is 6.07 Å². The molecule has 31 heavy (non-hydrogen) atoms. The van der Waals surface area contributed by atoms with Gasteiger partial charge >= 0.3 is 0 Å². The van der Waals surface area contributed by atoms with Crippen molar-refractivity contribution in [1.82, 2.24) is 9.97 Å². The third-order valence-electron chi connectivity index (χ3n) is 4.91.